The van der Waals surface area contributed by atoms with Gasteiger partial charge in [0.05, 0.1) is 5.02 Å². The van der Waals surface area contributed by atoms with Crippen LogP contribution >= 0.6 is 23.2 Å². The minimum atomic E-state index is -0.480. The van der Waals surface area contributed by atoms with Crippen LogP contribution in [0.4, 0.5) is 0 Å². The van der Waals surface area contributed by atoms with Crippen LogP contribution in [-0.4, -0.2) is 19.4 Å². The molecular weight excluding hydrogens is 245 g/mol. The van der Waals surface area contributed by atoms with Crippen molar-refractivity contribution in [3.05, 3.63) is 33.8 Å². The van der Waals surface area contributed by atoms with Crippen LogP contribution in [0.3, 0.4) is 0 Å². The van der Waals surface area contributed by atoms with Gasteiger partial charge in [-0.15, -0.1) is 0 Å². The first-order chi connectivity index (χ1) is 7.38. The number of rotatable bonds is 4. The van der Waals surface area contributed by atoms with Gasteiger partial charge in [-0.2, -0.15) is 0 Å². The highest BCUT2D eigenvalue weighted by molar-refractivity contribution is 6.37. The van der Waals surface area contributed by atoms with E-state index in [1.165, 1.54) is 0 Å². The second-order valence-electron chi connectivity index (χ2n) is 4.37. The van der Waals surface area contributed by atoms with Crippen molar-refractivity contribution in [2.24, 2.45) is 5.41 Å². The van der Waals surface area contributed by atoms with E-state index in [4.69, 9.17) is 23.2 Å². The number of benzene rings is 1. The molecule has 0 aliphatic heterocycles. The van der Waals surface area contributed by atoms with Crippen molar-refractivity contribution in [1.82, 2.24) is 5.32 Å². The Balaban J connectivity index is 3.05. The number of hydrogen-bond acceptors (Lipinski definition) is 2. The molecule has 16 heavy (non-hydrogen) atoms. The van der Waals surface area contributed by atoms with E-state index in [1.54, 1.807) is 18.2 Å². The van der Waals surface area contributed by atoms with Crippen LogP contribution in [0.2, 0.25) is 10.0 Å². The lowest BCUT2D eigenvalue weighted by molar-refractivity contribution is 0.0839. The Hall–Kier alpha value is -0.570. The molecule has 0 saturated carbocycles. The van der Waals surface area contributed by atoms with Crippen LogP contribution in [0.1, 0.15) is 24.2 Å². The number of Topliss-reactive ketones (excluding diaryl/α,β-unsaturated/α-hetero) is 1. The first-order valence-electron chi connectivity index (χ1n) is 5.03. The SMILES string of the molecule is CNCC(C)(C)C(=O)c1ccc(Cl)cc1Cl. The first kappa shape index (κ1) is 13.5. The predicted octanol–water partition coefficient (Wildman–Crippen LogP) is 3.42. The van der Waals surface area contributed by atoms with E-state index in [1.807, 2.05) is 20.9 Å². The fourth-order valence-corrected chi connectivity index (χ4v) is 2.05. The van der Waals surface area contributed by atoms with Gasteiger partial charge in [-0.3, -0.25) is 4.79 Å². The molecule has 0 saturated heterocycles. The van der Waals surface area contributed by atoms with Gasteiger partial charge in [-0.1, -0.05) is 37.0 Å². The van der Waals surface area contributed by atoms with Crippen LogP contribution in [0, 0.1) is 5.41 Å². The first-order valence-corrected chi connectivity index (χ1v) is 5.78. The van der Waals surface area contributed by atoms with Crippen molar-refractivity contribution in [1.29, 1.82) is 0 Å². The lowest BCUT2D eigenvalue weighted by Gasteiger charge is -2.23. The van der Waals surface area contributed by atoms with Gasteiger partial charge in [0.2, 0.25) is 0 Å². The molecule has 1 rings (SSSR count). The Morgan fingerprint density at radius 3 is 2.50 bits per heavy atom. The molecule has 0 spiro atoms. The molecule has 0 aliphatic carbocycles. The van der Waals surface area contributed by atoms with Crippen molar-refractivity contribution >= 4 is 29.0 Å². The van der Waals surface area contributed by atoms with Crippen LogP contribution in [0.15, 0.2) is 18.2 Å². The Labute approximate surface area is 106 Å². The summed E-state index contributed by atoms with van der Waals surface area (Å²) < 4.78 is 0. The molecule has 0 bridgehead atoms. The molecule has 4 heteroatoms. The molecule has 0 amide bonds. The maximum atomic E-state index is 12.2. The Morgan fingerprint density at radius 2 is 2.00 bits per heavy atom. The summed E-state index contributed by atoms with van der Waals surface area (Å²) in [7, 11) is 1.82. The molecule has 88 valence electrons. The summed E-state index contributed by atoms with van der Waals surface area (Å²) in [5, 5.41) is 3.94. The van der Waals surface area contributed by atoms with Crippen LogP contribution in [0.5, 0.6) is 0 Å². The van der Waals surface area contributed by atoms with E-state index >= 15 is 0 Å². The van der Waals surface area contributed by atoms with Crippen molar-refractivity contribution in [2.45, 2.75) is 13.8 Å². The maximum absolute atomic E-state index is 12.2. The van der Waals surface area contributed by atoms with Gasteiger partial charge in [0.15, 0.2) is 5.78 Å². The molecule has 0 fully saturated rings. The zero-order chi connectivity index (χ0) is 12.3. The van der Waals surface area contributed by atoms with E-state index in [0.29, 0.717) is 22.2 Å². The maximum Gasteiger partial charge on any atom is 0.171 e. The lowest BCUT2D eigenvalue weighted by atomic mass is 9.84. The van der Waals surface area contributed by atoms with Gasteiger partial charge in [-0.05, 0) is 25.2 Å². The van der Waals surface area contributed by atoms with Crippen LogP contribution < -0.4 is 5.32 Å². The van der Waals surface area contributed by atoms with Crippen molar-refractivity contribution in [3.63, 3.8) is 0 Å². The zero-order valence-corrected chi connectivity index (χ0v) is 11.1. The minimum Gasteiger partial charge on any atom is -0.319 e. The smallest absolute Gasteiger partial charge is 0.171 e. The second-order valence-corrected chi connectivity index (χ2v) is 5.21. The topological polar surface area (TPSA) is 29.1 Å². The molecule has 0 aliphatic rings. The summed E-state index contributed by atoms with van der Waals surface area (Å²) in [5.41, 5.74) is 0.0398. The summed E-state index contributed by atoms with van der Waals surface area (Å²) >= 11 is 11.8. The van der Waals surface area contributed by atoms with E-state index in [-0.39, 0.29) is 5.78 Å². The third-order valence-electron chi connectivity index (χ3n) is 2.41. The van der Waals surface area contributed by atoms with Crippen molar-refractivity contribution in [2.75, 3.05) is 13.6 Å². The molecule has 0 aromatic heterocycles. The standard InChI is InChI=1S/C12H15Cl2NO/c1-12(2,7-15-3)11(16)9-5-4-8(13)6-10(9)14/h4-6,15H,7H2,1-3H3. The van der Waals surface area contributed by atoms with Gasteiger partial charge in [0.1, 0.15) is 0 Å². The molecule has 1 aromatic carbocycles. The minimum absolute atomic E-state index is 0.0171. The summed E-state index contributed by atoms with van der Waals surface area (Å²) in [4.78, 5) is 12.2. The number of carbonyl (C=O) groups excluding carboxylic acids is 1. The van der Waals surface area contributed by atoms with Gasteiger partial charge in [0.25, 0.3) is 0 Å². The molecule has 2 nitrogen and oxygen atoms in total. The number of nitrogens with one attached hydrogen (secondary N) is 1. The average Bonchev–Trinajstić information content (AvgIpc) is 2.16. The lowest BCUT2D eigenvalue weighted by Crippen LogP contribution is -2.34. The highest BCUT2D eigenvalue weighted by Gasteiger charge is 2.29. The van der Waals surface area contributed by atoms with Gasteiger partial charge >= 0.3 is 0 Å². The molecule has 0 atom stereocenters. The number of hydrogen-bond donors (Lipinski definition) is 1. The second kappa shape index (κ2) is 5.17. The Morgan fingerprint density at radius 1 is 1.38 bits per heavy atom. The number of ketones is 1. The van der Waals surface area contributed by atoms with E-state index in [2.05, 4.69) is 5.32 Å². The van der Waals surface area contributed by atoms with Crippen molar-refractivity contribution < 1.29 is 4.79 Å². The van der Waals surface area contributed by atoms with Gasteiger partial charge < -0.3 is 5.32 Å². The van der Waals surface area contributed by atoms with Gasteiger partial charge in [0, 0.05) is 22.5 Å². The number of halogens is 2. The van der Waals surface area contributed by atoms with Gasteiger partial charge in [-0.25, -0.2) is 0 Å². The molecule has 1 N–H and O–H groups in total. The van der Waals surface area contributed by atoms with E-state index in [0.717, 1.165) is 0 Å². The van der Waals surface area contributed by atoms with Crippen LogP contribution in [-0.2, 0) is 0 Å². The number of carbonyl (C=O) groups is 1. The highest BCUT2D eigenvalue weighted by Crippen LogP contribution is 2.28. The molecule has 1 aromatic rings. The third-order valence-corrected chi connectivity index (χ3v) is 2.96. The summed E-state index contributed by atoms with van der Waals surface area (Å²) in [6, 6.07) is 4.94. The summed E-state index contributed by atoms with van der Waals surface area (Å²) in [6.45, 7) is 4.37. The largest absolute Gasteiger partial charge is 0.319 e. The van der Waals surface area contributed by atoms with Crippen LogP contribution in [0.25, 0.3) is 0 Å². The third kappa shape index (κ3) is 2.97. The Kier molecular flexibility index (Phi) is 4.36. The fourth-order valence-electron chi connectivity index (χ4n) is 1.56. The van der Waals surface area contributed by atoms with E-state index < -0.39 is 5.41 Å². The summed E-state index contributed by atoms with van der Waals surface area (Å²) in [5.74, 6) is 0.0171. The monoisotopic (exact) mass is 259 g/mol. The normalized spacial score (nSPS) is 11.6. The van der Waals surface area contributed by atoms with E-state index in [9.17, 15) is 4.79 Å². The molecule has 0 heterocycles. The quantitative estimate of drug-likeness (QED) is 0.840. The summed E-state index contributed by atoms with van der Waals surface area (Å²) in [6.07, 6.45) is 0. The average molecular weight is 260 g/mol. The highest BCUT2D eigenvalue weighted by atomic mass is 35.5. The molecule has 0 radical (unpaired) electrons. The fraction of sp³-hybridized carbons (Fsp3) is 0.417. The molecule has 0 unspecified atom stereocenters. The predicted molar refractivity (Wildman–Crippen MR) is 68.5 cm³/mol. The van der Waals surface area contributed by atoms with Crippen molar-refractivity contribution in [3.8, 4) is 0 Å². The molecular formula is C12H15Cl2NO. The Bertz CT molecular complexity index is 402. The zero-order valence-electron chi connectivity index (χ0n) is 9.60.